The number of para-hydroxylation sites is 2. The van der Waals surface area contributed by atoms with Crippen LogP contribution in [0.5, 0.6) is 5.75 Å². The van der Waals surface area contributed by atoms with Gasteiger partial charge in [0.15, 0.2) is 5.58 Å². The van der Waals surface area contributed by atoms with Gasteiger partial charge in [-0.05, 0) is 55.0 Å². The van der Waals surface area contributed by atoms with E-state index in [4.69, 9.17) is 32.4 Å². The molecule has 0 aliphatic carbocycles. The van der Waals surface area contributed by atoms with Gasteiger partial charge in [0.25, 0.3) is 0 Å². The summed E-state index contributed by atoms with van der Waals surface area (Å²) in [5.41, 5.74) is 4.41. The average Bonchev–Trinajstić information content (AvgIpc) is 3.17. The Hall–Kier alpha value is -3.28. The maximum absolute atomic E-state index is 12.6. The molecular weight excluding hydrogens is 435 g/mol. The molecule has 0 saturated heterocycles. The predicted octanol–water partition coefficient (Wildman–Crippen LogP) is 6.77. The Labute approximate surface area is 189 Å². The summed E-state index contributed by atoms with van der Waals surface area (Å²) in [6, 6.07) is 16.4. The van der Waals surface area contributed by atoms with E-state index in [2.05, 4.69) is 10.3 Å². The number of oxazole rings is 1. The van der Waals surface area contributed by atoms with Crippen molar-refractivity contribution in [1.29, 1.82) is 0 Å². The molecule has 5 nitrogen and oxygen atoms in total. The van der Waals surface area contributed by atoms with Crippen molar-refractivity contribution in [3.63, 3.8) is 0 Å². The van der Waals surface area contributed by atoms with Gasteiger partial charge in [-0.3, -0.25) is 4.79 Å². The minimum atomic E-state index is -0.309. The number of hydrogen-bond acceptors (Lipinski definition) is 4. The van der Waals surface area contributed by atoms with Gasteiger partial charge in [-0.25, -0.2) is 4.98 Å². The van der Waals surface area contributed by atoms with Crippen molar-refractivity contribution in [3.8, 4) is 17.2 Å². The highest BCUT2D eigenvalue weighted by Gasteiger charge is 2.14. The van der Waals surface area contributed by atoms with Crippen LogP contribution >= 0.6 is 23.2 Å². The monoisotopic (exact) mass is 452 g/mol. The zero-order valence-electron chi connectivity index (χ0n) is 16.8. The normalized spacial score (nSPS) is 11.2. The molecule has 1 N–H and O–H groups in total. The van der Waals surface area contributed by atoms with E-state index in [1.165, 1.54) is 13.2 Å². The van der Waals surface area contributed by atoms with Crippen LogP contribution < -0.4 is 10.1 Å². The van der Waals surface area contributed by atoms with Gasteiger partial charge in [0, 0.05) is 27.9 Å². The summed E-state index contributed by atoms with van der Waals surface area (Å²) >= 11 is 12.2. The number of carbonyl (C=O) groups excluding carboxylic acids is 1. The fourth-order valence-corrected chi connectivity index (χ4v) is 3.84. The first-order chi connectivity index (χ1) is 15.0. The molecule has 0 radical (unpaired) electrons. The number of methoxy groups -OCH3 is 1. The molecule has 0 bridgehead atoms. The first-order valence-electron chi connectivity index (χ1n) is 9.44. The first kappa shape index (κ1) is 21.0. The number of amides is 1. The number of rotatable bonds is 5. The molecule has 0 spiro atoms. The van der Waals surface area contributed by atoms with Crippen molar-refractivity contribution >= 4 is 52.0 Å². The molecule has 0 unspecified atom stereocenters. The van der Waals surface area contributed by atoms with E-state index >= 15 is 0 Å². The lowest BCUT2D eigenvalue weighted by atomic mass is 10.1. The van der Waals surface area contributed by atoms with Gasteiger partial charge in [-0.15, -0.1) is 0 Å². The number of carbonyl (C=O) groups is 1. The molecular formula is C24H18Cl2N2O3. The molecule has 0 aliphatic heterocycles. The van der Waals surface area contributed by atoms with Crippen molar-refractivity contribution in [2.45, 2.75) is 6.92 Å². The Morgan fingerprint density at radius 2 is 1.94 bits per heavy atom. The summed E-state index contributed by atoms with van der Waals surface area (Å²) in [6.07, 6.45) is 3.00. The van der Waals surface area contributed by atoms with E-state index in [1.54, 1.807) is 18.2 Å². The molecule has 31 heavy (non-hydrogen) atoms. The minimum Gasteiger partial charge on any atom is -0.495 e. The summed E-state index contributed by atoms with van der Waals surface area (Å²) in [5, 5.41) is 3.71. The number of anilines is 1. The number of nitrogens with one attached hydrogen (secondary N) is 1. The van der Waals surface area contributed by atoms with Gasteiger partial charge in [-0.2, -0.15) is 0 Å². The van der Waals surface area contributed by atoms with Crippen molar-refractivity contribution < 1.29 is 13.9 Å². The van der Waals surface area contributed by atoms with Crippen molar-refractivity contribution in [2.24, 2.45) is 0 Å². The zero-order chi connectivity index (χ0) is 22.0. The molecule has 1 amide bonds. The largest absolute Gasteiger partial charge is 0.495 e. The molecule has 3 aromatic carbocycles. The second-order valence-electron chi connectivity index (χ2n) is 6.80. The van der Waals surface area contributed by atoms with Crippen LogP contribution in [0.2, 0.25) is 10.0 Å². The molecule has 0 atom stereocenters. The highest BCUT2D eigenvalue weighted by molar-refractivity contribution is 6.36. The summed E-state index contributed by atoms with van der Waals surface area (Å²) in [5.74, 6) is 0.642. The second kappa shape index (κ2) is 8.84. The SMILES string of the molecule is COc1c(Cl)cc(Cl)cc1C=CC(=O)Nc1cccc(-c2nc3ccccc3o2)c1C. The van der Waals surface area contributed by atoms with E-state index in [0.29, 0.717) is 38.5 Å². The van der Waals surface area contributed by atoms with Crippen molar-refractivity contribution in [2.75, 3.05) is 12.4 Å². The second-order valence-corrected chi connectivity index (χ2v) is 7.64. The fraction of sp³-hybridized carbons (Fsp3) is 0.0833. The first-order valence-corrected chi connectivity index (χ1v) is 10.2. The topological polar surface area (TPSA) is 64.4 Å². The molecule has 1 aromatic heterocycles. The third-order valence-electron chi connectivity index (χ3n) is 4.77. The summed E-state index contributed by atoms with van der Waals surface area (Å²) < 4.78 is 11.2. The highest BCUT2D eigenvalue weighted by Crippen LogP contribution is 2.33. The molecule has 0 fully saturated rings. The molecule has 0 aliphatic rings. The number of halogens is 2. The molecule has 156 valence electrons. The summed E-state index contributed by atoms with van der Waals surface area (Å²) in [7, 11) is 1.51. The molecule has 1 heterocycles. The van der Waals surface area contributed by atoms with Gasteiger partial charge >= 0.3 is 0 Å². The van der Waals surface area contributed by atoms with Gasteiger partial charge < -0.3 is 14.5 Å². The van der Waals surface area contributed by atoms with E-state index in [9.17, 15) is 4.79 Å². The lowest BCUT2D eigenvalue weighted by molar-refractivity contribution is -0.111. The summed E-state index contributed by atoms with van der Waals surface area (Å²) in [6.45, 7) is 1.91. The van der Waals surface area contributed by atoms with Crippen LogP contribution in [0.25, 0.3) is 28.6 Å². The number of hydrogen-bond donors (Lipinski definition) is 1. The smallest absolute Gasteiger partial charge is 0.248 e. The van der Waals surface area contributed by atoms with Gasteiger partial charge in [0.2, 0.25) is 11.8 Å². The zero-order valence-corrected chi connectivity index (χ0v) is 18.3. The lowest BCUT2D eigenvalue weighted by Gasteiger charge is -2.10. The molecule has 7 heteroatoms. The third-order valence-corrected chi connectivity index (χ3v) is 5.27. The molecule has 4 aromatic rings. The number of ether oxygens (including phenoxy) is 1. The van der Waals surface area contributed by atoms with Crippen LogP contribution in [0.4, 0.5) is 5.69 Å². The summed E-state index contributed by atoms with van der Waals surface area (Å²) in [4.78, 5) is 17.1. The molecule has 4 rings (SSSR count). The van der Waals surface area contributed by atoms with E-state index in [1.807, 2.05) is 49.4 Å². The number of nitrogens with zero attached hydrogens (tertiary/aromatic N) is 1. The predicted molar refractivity (Wildman–Crippen MR) is 125 cm³/mol. The van der Waals surface area contributed by atoms with Crippen LogP contribution in [0.3, 0.4) is 0 Å². The van der Waals surface area contributed by atoms with Crippen LogP contribution in [0.15, 0.2) is 65.1 Å². The number of aromatic nitrogens is 1. The van der Waals surface area contributed by atoms with E-state index in [-0.39, 0.29) is 5.91 Å². The van der Waals surface area contributed by atoms with E-state index in [0.717, 1.165) is 16.6 Å². The van der Waals surface area contributed by atoms with Gasteiger partial charge in [0.1, 0.15) is 11.3 Å². The Morgan fingerprint density at radius 1 is 1.13 bits per heavy atom. The number of fused-ring (bicyclic) bond motifs is 1. The number of benzene rings is 3. The van der Waals surface area contributed by atoms with Crippen LogP contribution in [-0.2, 0) is 4.79 Å². The maximum Gasteiger partial charge on any atom is 0.248 e. The van der Waals surface area contributed by atoms with Gasteiger partial charge in [0.05, 0.1) is 12.1 Å². The third kappa shape index (κ3) is 4.43. The highest BCUT2D eigenvalue weighted by atomic mass is 35.5. The maximum atomic E-state index is 12.6. The standard InChI is InChI=1S/C24H18Cl2N2O3/c1-14-17(24-28-20-7-3-4-9-21(20)31-24)6-5-8-19(14)27-22(29)11-10-15-12-16(25)13-18(26)23(15)30-2/h3-13H,1-2H3,(H,27,29). The Morgan fingerprint density at radius 3 is 2.71 bits per heavy atom. The van der Waals surface area contributed by atoms with Crippen LogP contribution in [-0.4, -0.2) is 18.0 Å². The Kier molecular flexibility index (Phi) is 5.98. The van der Waals surface area contributed by atoms with Crippen molar-refractivity contribution in [1.82, 2.24) is 4.98 Å². The van der Waals surface area contributed by atoms with Crippen LogP contribution in [0.1, 0.15) is 11.1 Å². The van der Waals surface area contributed by atoms with E-state index < -0.39 is 0 Å². The quantitative estimate of drug-likeness (QED) is 0.339. The van der Waals surface area contributed by atoms with Gasteiger partial charge in [-0.1, -0.05) is 41.4 Å². The molecule has 0 saturated carbocycles. The Balaban J connectivity index is 1.58. The van der Waals surface area contributed by atoms with Crippen LogP contribution in [0, 0.1) is 6.92 Å². The lowest BCUT2D eigenvalue weighted by Crippen LogP contribution is -2.09. The minimum absolute atomic E-state index is 0.309. The average molecular weight is 453 g/mol. The Bertz CT molecular complexity index is 1280. The fourth-order valence-electron chi connectivity index (χ4n) is 3.25. The van der Waals surface area contributed by atoms with Crippen molar-refractivity contribution in [3.05, 3.63) is 81.8 Å².